The number of hydrogen-bond acceptors (Lipinski definition) is 4. The van der Waals surface area contributed by atoms with E-state index < -0.39 is 10.0 Å². The van der Waals surface area contributed by atoms with Gasteiger partial charge < -0.3 is 0 Å². The van der Waals surface area contributed by atoms with E-state index in [2.05, 4.69) is 26.9 Å². The van der Waals surface area contributed by atoms with E-state index in [9.17, 15) is 8.42 Å². The molecule has 0 unspecified atom stereocenters. The van der Waals surface area contributed by atoms with E-state index in [0.29, 0.717) is 48.5 Å². The first-order chi connectivity index (χ1) is 9.55. The van der Waals surface area contributed by atoms with Crippen LogP contribution in [0.2, 0.25) is 0 Å². The molecule has 0 bridgehead atoms. The van der Waals surface area contributed by atoms with Gasteiger partial charge >= 0.3 is 0 Å². The van der Waals surface area contributed by atoms with Crippen molar-refractivity contribution in [3.05, 3.63) is 28.7 Å². The molecule has 1 saturated heterocycles. The second-order valence-electron chi connectivity index (χ2n) is 4.58. The molecule has 0 radical (unpaired) electrons. The van der Waals surface area contributed by atoms with Crippen LogP contribution in [0.5, 0.6) is 0 Å². The van der Waals surface area contributed by atoms with Crippen LogP contribution in [0.25, 0.3) is 0 Å². The fourth-order valence-electron chi connectivity index (χ4n) is 2.19. The summed E-state index contributed by atoms with van der Waals surface area (Å²) in [5, 5.41) is 8.57. The minimum absolute atomic E-state index is 0.311. The van der Waals surface area contributed by atoms with Crippen molar-refractivity contribution in [1.29, 1.82) is 5.26 Å². The van der Waals surface area contributed by atoms with E-state index in [-0.39, 0.29) is 0 Å². The molecule has 2 rings (SSSR count). The minimum Gasteiger partial charge on any atom is -0.300 e. The molecule has 0 saturated carbocycles. The zero-order chi connectivity index (χ0) is 14.6. The monoisotopic (exact) mass is 357 g/mol. The van der Waals surface area contributed by atoms with Crippen LogP contribution in [0.4, 0.5) is 0 Å². The quantitative estimate of drug-likeness (QED) is 0.821. The first-order valence-electron chi connectivity index (χ1n) is 6.39. The lowest BCUT2D eigenvalue weighted by Crippen LogP contribution is -2.48. The minimum atomic E-state index is -3.44. The van der Waals surface area contributed by atoms with Gasteiger partial charge in [0.2, 0.25) is 10.0 Å². The molecule has 0 N–H and O–H groups in total. The first kappa shape index (κ1) is 15.4. The lowest BCUT2D eigenvalue weighted by molar-refractivity contribution is 0.191. The highest BCUT2D eigenvalue weighted by Gasteiger charge is 2.29. The van der Waals surface area contributed by atoms with Crippen molar-refractivity contribution < 1.29 is 8.42 Å². The molecule has 1 heterocycles. The third kappa shape index (κ3) is 3.38. The van der Waals surface area contributed by atoms with Gasteiger partial charge in [-0.05, 0) is 28.1 Å². The van der Waals surface area contributed by atoms with Crippen LogP contribution in [-0.4, -0.2) is 50.3 Å². The Labute approximate surface area is 128 Å². The molecule has 108 valence electrons. The normalized spacial score (nSPS) is 17.8. The highest BCUT2D eigenvalue weighted by atomic mass is 79.9. The average molecular weight is 358 g/mol. The number of benzene rings is 1. The van der Waals surface area contributed by atoms with Crippen molar-refractivity contribution >= 4 is 26.0 Å². The number of nitriles is 1. The lowest BCUT2D eigenvalue weighted by Gasteiger charge is -2.33. The van der Waals surface area contributed by atoms with Crippen LogP contribution in [0.3, 0.4) is 0 Å². The summed E-state index contributed by atoms with van der Waals surface area (Å²) in [6.45, 7) is 2.99. The number of piperazine rings is 1. The third-order valence-electron chi connectivity index (χ3n) is 3.33. The van der Waals surface area contributed by atoms with E-state index in [0.717, 1.165) is 0 Å². The van der Waals surface area contributed by atoms with Crippen molar-refractivity contribution in [3.63, 3.8) is 0 Å². The third-order valence-corrected chi connectivity index (χ3v) is 6.24. The molecule has 7 heteroatoms. The van der Waals surface area contributed by atoms with Crippen LogP contribution in [0.15, 0.2) is 33.6 Å². The summed E-state index contributed by atoms with van der Waals surface area (Å²) in [5.41, 5.74) is 0. The fraction of sp³-hybridized carbons (Fsp3) is 0.462. The zero-order valence-electron chi connectivity index (χ0n) is 11.0. The Kier molecular flexibility index (Phi) is 5.16. The largest absolute Gasteiger partial charge is 0.300 e. The summed E-state index contributed by atoms with van der Waals surface area (Å²) in [6.07, 6.45) is 0.483. The van der Waals surface area contributed by atoms with Crippen molar-refractivity contribution in [1.82, 2.24) is 9.21 Å². The maximum Gasteiger partial charge on any atom is 0.244 e. The number of rotatable bonds is 4. The maximum atomic E-state index is 12.6. The van der Waals surface area contributed by atoms with Crippen LogP contribution in [0, 0.1) is 11.3 Å². The molecule has 1 aliphatic rings. The van der Waals surface area contributed by atoms with Gasteiger partial charge in [-0.3, -0.25) is 4.90 Å². The number of sulfonamides is 1. The van der Waals surface area contributed by atoms with Gasteiger partial charge in [0.15, 0.2) is 0 Å². The Morgan fingerprint density at radius 2 is 1.85 bits per heavy atom. The highest BCUT2D eigenvalue weighted by molar-refractivity contribution is 9.10. The lowest BCUT2D eigenvalue weighted by atomic mass is 10.3. The number of nitrogens with zero attached hydrogens (tertiary/aromatic N) is 3. The smallest absolute Gasteiger partial charge is 0.244 e. The van der Waals surface area contributed by atoms with Crippen LogP contribution in [-0.2, 0) is 10.0 Å². The molecule has 1 aliphatic heterocycles. The molecule has 0 atom stereocenters. The Balaban J connectivity index is 2.07. The van der Waals surface area contributed by atoms with Gasteiger partial charge in [0.25, 0.3) is 0 Å². The van der Waals surface area contributed by atoms with Crippen molar-refractivity contribution in [2.75, 3.05) is 32.7 Å². The molecule has 1 aromatic carbocycles. The van der Waals surface area contributed by atoms with E-state index in [4.69, 9.17) is 5.26 Å². The van der Waals surface area contributed by atoms with Gasteiger partial charge in [0.05, 0.1) is 11.0 Å². The molecule has 0 amide bonds. The molecule has 20 heavy (non-hydrogen) atoms. The van der Waals surface area contributed by atoms with Gasteiger partial charge in [0, 0.05) is 43.6 Å². The van der Waals surface area contributed by atoms with Crippen molar-refractivity contribution in [2.45, 2.75) is 11.3 Å². The Morgan fingerprint density at radius 1 is 1.20 bits per heavy atom. The summed E-state index contributed by atoms with van der Waals surface area (Å²) in [4.78, 5) is 2.43. The van der Waals surface area contributed by atoms with Gasteiger partial charge in [-0.1, -0.05) is 12.1 Å². The van der Waals surface area contributed by atoms with Crippen LogP contribution >= 0.6 is 15.9 Å². The Bertz CT molecular complexity index is 604. The Morgan fingerprint density at radius 3 is 2.45 bits per heavy atom. The maximum absolute atomic E-state index is 12.6. The number of halogens is 1. The first-order valence-corrected chi connectivity index (χ1v) is 8.63. The van der Waals surface area contributed by atoms with E-state index in [1.807, 2.05) is 0 Å². The van der Waals surface area contributed by atoms with Crippen molar-refractivity contribution in [3.8, 4) is 6.07 Å². The van der Waals surface area contributed by atoms with Crippen LogP contribution in [0.1, 0.15) is 6.42 Å². The fourth-order valence-corrected chi connectivity index (χ4v) is 4.58. The molecule has 0 aromatic heterocycles. The molecule has 0 aliphatic carbocycles. The molecule has 1 fully saturated rings. The predicted molar refractivity (Wildman–Crippen MR) is 79.6 cm³/mol. The topological polar surface area (TPSA) is 64.4 Å². The van der Waals surface area contributed by atoms with Crippen LogP contribution < -0.4 is 0 Å². The SMILES string of the molecule is N#CCCN1CCN(S(=O)(=O)c2ccccc2Br)CC1. The molecular formula is C13H16BrN3O2S. The molecule has 1 aromatic rings. The van der Waals surface area contributed by atoms with E-state index >= 15 is 0 Å². The number of hydrogen-bond donors (Lipinski definition) is 0. The summed E-state index contributed by atoms with van der Waals surface area (Å²) >= 11 is 3.29. The van der Waals surface area contributed by atoms with Gasteiger partial charge in [-0.2, -0.15) is 9.57 Å². The van der Waals surface area contributed by atoms with E-state index in [1.165, 1.54) is 4.31 Å². The zero-order valence-corrected chi connectivity index (χ0v) is 13.4. The standard InChI is InChI=1S/C13H16BrN3O2S/c14-12-4-1-2-5-13(12)20(18,19)17-10-8-16(9-11-17)7-3-6-15/h1-2,4-5H,3,7-11H2. The molecular weight excluding hydrogens is 342 g/mol. The van der Waals surface area contributed by atoms with Gasteiger partial charge in [-0.15, -0.1) is 0 Å². The molecule has 5 nitrogen and oxygen atoms in total. The summed E-state index contributed by atoms with van der Waals surface area (Å²) < 4.78 is 27.2. The summed E-state index contributed by atoms with van der Waals surface area (Å²) in [6, 6.07) is 8.97. The second-order valence-corrected chi connectivity index (χ2v) is 7.34. The van der Waals surface area contributed by atoms with E-state index in [1.54, 1.807) is 24.3 Å². The Hall–Kier alpha value is -0.940. The average Bonchev–Trinajstić information content (AvgIpc) is 2.46. The van der Waals surface area contributed by atoms with Gasteiger partial charge in [0.1, 0.15) is 0 Å². The second kappa shape index (κ2) is 6.68. The summed E-state index contributed by atoms with van der Waals surface area (Å²) in [5.74, 6) is 0. The summed E-state index contributed by atoms with van der Waals surface area (Å²) in [7, 11) is -3.44. The molecule has 0 spiro atoms. The van der Waals surface area contributed by atoms with Crippen molar-refractivity contribution in [2.24, 2.45) is 0 Å². The van der Waals surface area contributed by atoms with Gasteiger partial charge in [-0.25, -0.2) is 8.42 Å². The highest BCUT2D eigenvalue weighted by Crippen LogP contribution is 2.25. The predicted octanol–water partition coefficient (Wildman–Crippen LogP) is 1.67.